The molecule has 0 amide bonds. The Bertz CT molecular complexity index is 1300. The van der Waals surface area contributed by atoms with E-state index in [-0.39, 0.29) is 31.1 Å². The Labute approximate surface area is 467 Å². The molecule has 0 aromatic rings. The van der Waals surface area contributed by atoms with E-state index >= 15 is 0 Å². The molecular weight excluding hydrogens is 925 g/mol. The average Bonchev–Trinajstić information content (AvgIpc) is 3.41. The number of rotatable bonds is 61. The number of unbranched alkanes of at least 4 members (excludes halogenated alkanes) is 42. The summed E-state index contributed by atoms with van der Waals surface area (Å²) in [5.41, 5.74) is 0. The highest BCUT2D eigenvalue weighted by molar-refractivity contribution is 5.71. The van der Waals surface area contributed by atoms with E-state index < -0.39 is 6.10 Å². The Kier molecular flexibility index (Phi) is 61.7. The van der Waals surface area contributed by atoms with Crippen molar-refractivity contribution in [3.63, 3.8) is 0 Å². The van der Waals surface area contributed by atoms with Gasteiger partial charge in [0.1, 0.15) is 13.2 Å². The van der Waals surface area contributed by atoms with Crippen LogP contribution in [0.2, 0.25) is 0 Å². The van der Waals surface area contributed by atoms with Crippen LogP contribution >= 0.6 is 0 Å². The SMILES string of the molecule is CC/C=C\C/C=C\C/C=C\C/C=C\CCCCCCCCCCC(=O)OC(COC(=O)CCCCCCC)COC(=O)CCCCCCCCCCCCCCCCCCCCCCCCCCCCCCCCC. The van der Waals surface area contributed by atoms with Gasteiger partial charge >= 0.3 is 17.9 Å². The number of carbonyl (C=O) groups is 3. The van der Waals surface area contributed by atoms with Gasteiger partial charge in [-0.3, -0.25) is 14.4 Å². The van der Waals surface area contributed by atoms with E-state index in [0.717, 1.165) is 96.3 Å². The summed E-state index contributed by atoms with van der Waals surface area (Å²) in [4.78, 5) is 37.9. The first-order valence-electron chi connectivity index (χ1n) is 33.1. The third-order valence-corrected chi connectivity index (χ3v) is 14.8. The van der Waals surface area contributed by atoms with Gasteiger partial charge in [-0.1, -0.05) is 326 Å². The smallest absolute Gasteiger partial charge is 0.306 e. The third-order valence-electron chi connectivity index (χ3n) is 14.8. The molecule has 0 aliphatic rings. The zero-order chi connectivity index (χ0) is 54.3. The van der Waals surface area contributed by atoms with E-state index in [9.17, 15) is 14.4 Å². The number of allylic oxidation sites excluding steroid dienone is 8. The monoisotopic (exact) mass is 1050 g/mol. The minimum absolute atomic E-state index is 0.0732. The van der Waals surface area contributed by atoms with Gasteiger partial charge in [-0.15, -0.1) is 0 Å². The molecule has 0 heterocycles. The van der Waals surface area contributed by atoms with Crippen LogP contribution < -0.4 is 0 Å². The second kappa shape index (κ2) is 63.9. The molecule has 0 aliphatic heterocycles. The second-order valence-electron chi connectivity index (χ2n) is 22.4. The van der Waals surface area contributed by atoms with Crippen molar-refractivity contribution < 1.29 is 28.6 Å². The highest BCUT2D eigenvalue weighted by atomic mass is 16.6. The maximum atomic E-state index is 12.8. The van der Waals surface area contributed by atoms with E-state index in [1.807, 2.05) is 0 Å². The van der Waals surface area contributed by atoms with Crippen molar-refractivity contribution in [2.75, 3.05) is 13.2 Å². The van der Waals surface area contributed by atoms with Crippen LogP contribution in [-0.2, 0) is 28.6 Å². The summed E-state index contributed by atoms with van der Waals surface area (Å²) in [6, 6.07) is 0. The molecule has 1 unspecified atom stereocenters. The molecule has 0 aromatic heterocycles. The van der Waals surface area contributed by atoms with Gasteiger partial charge in [0.05, 0.1) is 0 Å². The summed E-state index contributed by atoms with van der Waals surface area (Å²) >= 11 is 0. The Morgan fingerprint density at radius 2 is 0.520 bits per heavy atom. The van der Waals surface area contributed by atoms with Gasteiger partial charge in [0, 0.05) is 19.3 Å². The third kappa shape index (κ3) is 62.1. The Morgan fingerprint density at radius 3 is 0.813 bits per heavy atom. The Balaban J connectivity index is 3.93. The largest absolute Gasteiger partial charge is 0.462 e. The Morgan fingerprint density at radius 1 is 0.280 bits per heavy atom. The van der Waals surface area contributed by atoms with Gasteiger partial charge in [0.25, 0.3) is 0 Å². The topological polar surface area (TPSA) is 78.9 Å². The van der Waals surface area contributed by atoms with Crippen molar-refractivity contribution in [1.29, 1.82) is 0 Å². The van der Waals surface area contributed by atoms with Crippen LogP contribution in [0.3, 0.4) is 0 Å². The average molecular weight is 1050 g/mol. The van der Waals surface area contributed by atoms with E-state index in [1.165, 1.54) is 218 Å². The molecule has 0 saturated carbocycles. The summed E-state index contributed by atoms with van der Waals surface area (Å²) in [6.45, 7) is 6.49. The summed E-state index contributed by atoms with van der Waals surface area (Å²) in [5.74, 6) is -0.878. The summed E-state index contributed by atoms with van der Waals surface area (Å²) in [5, 5.41) is 0. The van der Waals surface area contributed by atoms with Crippen LogP contribution in [0, 0.1) is 0 Å². The maximum Gasteiger partial charge on any atom is 0.306 e. The van der Waals surface area contributed by atoms with Gasteiger partial charge in [-0.05, 0) is 57.8 Å². The molecule has 0 saturated heterocycles. The summed E-state index contributed by atoms with van der Waals surface area (Å²) in [7, 11) is 0. The van der Waals surface area contributed by atoms with Crippen LogP contribution in [0.15, 0.2) is 48.6 Å². The highest BCUT2D eigenvalue weighted by Gasteiger charge is 2.19. The van der Waals surface area contributed by atoms with E-state index in [0.29, 0.717) is 19.3 Å². The lowest BCUT2D eigenvalue weighted by molar-refractivity contribution is -0.167. The summed E-state index contributed by atoms with van der Waals surface area (Å²) in [6.07, 6.45) is 80.5. The van der Waals surface area contributed by atoms with Crippen LogP contribution in [0.25, 0.3) is 0 Å². The molecule has 0 radical (unpaired) electrons. The highest BCUT2D eigenvalue weighted by Crippen LogP contribution is 2.18. The van der Waals surface area contributed by atoms with Crippen molar-refractivity contribution in [2.24, 2.45) is 0 Å². The number of ether oxygens (including phenoxy) is 3. The van der Waals surface area contributed by atoms with E-state index in [2.05, 4.69) is 69.4 Å². The van der Waals surface area contributed by atoms with E-state index in [1.54, 1.807) is 0 Å². The van der Waals surface area contributed by atoms with Gasteiger partial charge in [-0.2, -0.15) is 0 Å². The minimum atomic E-state index is -0.773. The molecule has 438 valence electrons. The molecule has 6 heteroatoms. The van der Waals surface area contributed by atoms with Gasteiger partial charge < -0.3 is 14.2 Å². The van der Waals surface area contributed by atoms with Gasteiger partial charge in [0.15, 0.2) is 6.10 Å². The quantitative estimate of drug-likeness (QED) is 0.0261. The fourth-order valence-electron chi connectivity index (χ4n) is 9.91. The predicted molar refractivity (Wildman–Crippen MR) is 325 cm³/mol. The first-order valence-corrected chi connectivity index (χ1v) is 33.1. The lowest BCUT2D eigenvalue weighted by Gasteiger charge is -2.18. The number of hydrogen-bond donors (Lipinski definition) is 0. The number of esters is 3. The van der Waals surface area contributed by atoms with Gasteiger partial charge in [0.2, 0.25) is 0 Å². The first-order chi connectivity index (χ1) is 37.0. The lowest BCUT2D eigenvalue weighted by atomic mass is 10.0. The van der Waals surface area contributed by atoms with Crippen LogP contribution in [0.5, 0.6) is 0 Å². The van der Waals surface area contributed by atoms with Crippen LogP contribution in [-0.4, -0.2) is 37.2 Å². The van der Waals surface area contributed by atoms with Crippen LogP contribution in [0.4, 0.5) is 0 Å². The van der Waals surface area contributed by atoms with Crippen molar-refractivity contribution in [3.8, 4) is 0 Å². The molecule has 0 spiro atoms. The second-order valence-corrected chi connectivity index (χ2v) is 22.4. The van der Waals surface area contributed by atoms with Crippen molar-refractivity contribution in [2.45, 2.75) is 361 Å². The van der Waals surface area contributed by atoms with Crippen molar-refractivity contribution in [3.05, 3.63) is 48.6 Å². The molecule has 0 rings (SSSR count). The molecule has 0 bridgehead atoms. The number of hydrogen-bond acceptors (Lipinski definition) is 6. The van der Waals surface area contributed by atoms with E-state index in [4.69, 9.17) is 14.2 Å². The lowest BCUT2D eigenvalue weighted by Crippen LogP contribution is -2.30. The molecule has 0 aromatic carbocycles. The first kappa shape index (κ1) is 72.4. The molecular formula is C69H126O6. The Hall–Kier alpha value is -2.63. The molecule has 6 nitrogen and oxygen atoms in total. The predicted octanol–water partition coefficient (Wildman–Crippen LogP) is 22.6. The summed E-state index contributed by atoms with van der Waals surface area (Å²) < 4.78 is 16.8. The van der Waals surface area contributed by atoms with Crippen molar-refractivity contribution in [1.82, 2.24) is 0 Å². The maximum absolute atomic E-state index is 12.8. The van der Waals surface area contributed by atoms with Crippen molar-refractivity contribution >= 4 is 17.9 Å². The normalized spacial score (nSPS) is 12.3. The zero-order valence-electron chi connectivity index (χ0n) is 50.3. The fraction of sp³-hybridized carbons (Fsp3) is 0.841. The van der Waals surface area contributed by atoms with Crippen LogP contribution in [0.1, 0.15) is 355 Å². The molecule has 0 N–H and O–H groups in total. The molecule has 0 aliphatic carbocycles. The zero-order valence-corrected chi connectivity index (χ0v) is 50.3. The fourth-order valence-corrected chi connectivity index (χ4v) is 9.91. The molecule has 0 fully saturated rings. The molecule has 1 atom stereocenters. The number of carbonyl (C=O) groups excluding carboxylic acids is 3. The minimum Gasteiger partial charge on any atom is -0.462 e. The molecule has 75 heavy (non-hydrogen) atoms. The van der Waals surface area contributed by atoms with Gasteiger partial charge in [-0.25, -0.2) is 0 Å². The standard InChI is InChI=1S/C69H126O6/c1-4-7-10-13-15-17-19-21-23-25-27-29-30-31-32-33-34-35-36-37-38-40-41-43-45-47-49-51-53-56-59-62-68(71)74-65-66(64-73-67(70)61-58-55-12-9-6-3)75-69(72)63-60-57-54-52-50-48-46-44-42-39-28-26-24-22-20-18-16-14-11-8-5-2/h8,11,16,18,22,24,28,39,66H,4-7,9-10,12-15,17,19-21,23,25-27,29-38,40-65H2,1-3H3/b11-8-,18-16-,24-22-,39-28-.